The quantitative estimate of drug-likeness (QED) is 0.125. The highest BCUT2D eigenvalue weighted by molar-refractivity contribution is 5.87. The molecule has 2 aliphatic heterocycles. The number of imidazole rings is 2. The van der Waals surface area contributed by atoms with Crippen LogP contribution in [-0.4, -0.2) is 96.9 Å². The maximum absolute atomic E-state index is 13.4. The number of likely N-dealkylation sites (tertiary alicyclic amines) is 2. The van der Waals surface area contributed by atoms with Gasteiger partial charge in [0.2, 0.25) is 11.8 Å². The molecule has 0 bridgehead atoms. The largest absolute Gasteiger partial charge is 0.469 e. The highest BCUT2D eigenvalue weighted by Gasteiger charge is 2.37. The van der Waals surface area contributed by atoms with Crippen molar-refractivity contribution < 1.29 is 28.7 Å². The molecule has 4 atom stereocenters. The Morgan fingerprint density at radius 1 is 0.714 bits per heavy atom. The molecule has 2 fully saturated rings. The number of hydrogen-bond donors (Lipinski definition) is 3. The molecule has 2 aliphatic rings. The lowest BCUT2D eigenvalue weighted by atomic mass is 10.00. The third kappa shape index (κ3) is 7.84. The normalized spacial score (nSPS) is 17.9. The van der Waals surface area contributed by atoms with Gasteiger partial charge in [-0.25, -0.2) is 14.8 Å². The summed E-state index contributed by atoms with van der Waals surface area (Å²) >= 11 is 0. The van der Waals surface area contributed by atoms with E-state index in [1.807, 2.05) is 61.3 Å². The second kappa shape index (κ2) is 16.7. The minimum atomic E-state index is -0.672. The summed E-state index contributed by atoms with van der Waals surface area (Å²) in [7, 11) is 2.62. The van der Waals surface area contributed by atoms with E-state index < -0.39 is 18.1 Å². The van der Waals surface area contributed by atoms with E-state index in [1.54, 1.807) is 23.5 Å². The second-order valence-electron chi connectivity index (χ2n) is 14.3. The van der Waals surface area contributed by atoms with Crippen LogP contribution in [0.1, 0.15) is 82.5 Å². The molecule has 56 heavy (non-hydrogen) atoms. The number of aromatic amines is 2. The predicted octanol–water partition coefficient (Wildman–Crippen LogP) is 6.13. The Kier molecular flexibility index (Phi) is 11.4. The van der Waals surface area contributed by atoms with Gasteiger partial charge in [-0.1, -0.05) is 38.1 Å². The van der Waals surface area contributed by atoms with E-state index in [0.717, 1.165) is 76.2 Å². The first-order chi connectivity index (χ1) is 27.2. The summed E-state index contributed by atoms with van der Waals surface area (Å²) in [5, 5.41) is 2.64. The van der Waals surface area contributed by atoms with Crippen LogP contribution in [0.15, 0.2) is 61.2 Å². The lowest BCUT2D eigenvalue weighted by Gasteiger charge is -2.27. The van der Waals surface area contributed by atoms with Gasteiger partial charge in [-0.05, 0) is 61.8 Å². The maximum atomic E-state index is 13.4. The highest BCUT2D eigenvalue weighted by Crippen LogP contribution is 2.35. The van der Waals surface area contributed by atoms with Crippen molar-refractivity contribution in [1.82, 2.24) is 45.0 Å². The Morgan fingerprint density at radius 2 is 1.27 bits per heavy atom. The second-order valence-corrected chi connectivity index (χ2v) is 14.3. The fourth-order valence-electron chi connectivity index (χ4n) is 7.75. The number of H-pyrrole nitrogens is 2. The van der Waals surface area contributed by atoms with Crippen molar-refractivity contribution in [3.05, 3.63) is 72.8 Å². The zero-order valence-electron chi connectivity index (χ0n) is 32.1. The summed E-state index contributed by atoms with van der Waals surface area (Å²) < 4.78 is 9.52. The summed E-state index contributed by atoms with van der Waals surface area (Å²) in [6.45, 7) is 4.98. The van der Waals surface area contributed by atoms with Crippen molar-refractivity contribution >= 4 is 34.9 Å². The number of aromatic nitrogens is 6. The van der Waals surface area contributed by atoms with Gasteiger partial charge in [0.15, 0.2) is 0 Å². The van der Waals surface area contributed by atoms with E-state index in [2.05, 4.69) is 25.3 Å². The minimum absolute atomic E-state index is 0.0352. The van der Waals surface area contributed by atoms with Crippen molar-refractivity contribution in [1.29, 1.82) is 0 Å². The molecule has 3 amide bonds. The van der Waals surface area contributed by atoms with Crippen molar-refractivity contribution in [3.8, 4) is 33.6 Å². The number of nitrogens with one attached hydrogen (secondary N) is 3. The SMILES string of the molecule is CC[C@H](CC(=O)OC)C(=O)N1CCC[C@H]1c1ncc(-c2ccc(-c3cnc4cc(-c5cnc([C@@H]6CCCN6C(=O)[C@H](CC)NC(=O)OC)[nH]5)cnc4c3)cc2)[nH]1. The number of methoxy groups -OCH3 is 2. The molecule has 0 spiro atoms. The Hall–Kier alpha value is -6.12. The van der Waals surface area contributed by atoms with E-state index in [-0.39, 0.29) is 36.3 Å². The number of carbonyl (C=O) groups is 4. The number of pyridine rings is 2. The zero-order valence-corrected chi connectivity index (χ0v) is 32.1. The summed E-state index contributed by atoms with van der Waals surface area (Å²) in [5.74, 6) is 0.444. The summed E-state index contributed by atoms with van der Waals surface area (Å²) in [6.07, 6.45) is 10.9. The monoisotopic (exact) mass is 761 g/mol. The standard InChI is InChI=1S/C41H47N9O6/c1-5-24(19-36(51)55-3)39(52)49-15-7-9-34(49)37-44-22-32(46-37)26-13-11-25(12-14-26)27-17-30-31(42-20-27)18-28(21-43-30)33-23-45-38(47-33)35-10-8-16-50(35)40(53)29(6-2)48-41(54)56-4/h11-14,17-18,20-24,29,34-35H,5-10,15-16,19H2,1-4H3,(H,44,46)(H,45,47)(H,48,54)/t24-,29+,34+,35+/m1/s1. The van der Waals surface area contributed by atoms with Crippen LogP contribution in [0.25, 0.3) is 44.7 Å². The Labute approximate surface area is 324 Å². The van der Waals surface area contributed by atoms with Crippen LogP contribution in [0.3, 0.4) is 0 Å². The summed E-state index contributed by atoms with van der Waals surface area (Å²) in [4.78, 5) is 79.7. The fourth-order valence-corrected chi connectivity index (χ4v) is 7.75. The Balaban J connectivity index is 1.02. The Morgan fingerprint density at radius 3 is 1.84 bits per heavy atom. The van der Waals surface area contributed by atoms with Crippen LogP contribution in [0.5, 0.6) is 0 Å². The number of carbonyl (C=O) groups excluding carboxylic acids is 4. The molecule has 0 radical (unpaired) electrons. The molecule has 5 aromatic rings. The molecule has 1 aromatic carbocycles. The third-order valence-electron chi connectivity index (χ3n) is 10.9. The minimum Gasteiger partial charge on any atom is -0.469 e. The van der Waals surface area contributed by atoms with Crippen molar-refractivity contribution in [2.45, 2.75) is 76.9 Å². The fraction of sp³-hybridized carbons (Fsp3) is 0.415. The summed E-state index contributed by atoms with van der Waals surface area (Å²) in [5.41, 5.74) is 6.80. The van der Waals surface area contributed by atoms with Gasteiger partial charge in [0.1, 0.15) is 17.7 Å². The number of hydrogen-bond acceptors (Lipinski definition) is 10. The molecule has 15 heteroatoms. The molecule has 6 heterocycles. The van der Waals surface area contributed by atoms with E-state index in [4.69, 9.17) is 19.4 Å². The van der Waals surface area contributed by atoms with Gasteiger partial charge in [0.05, 0.1) is 67.5 Å². The number of alkyl carbamates (subject to hydrolysis) is 1. The van der Waals surface area contributed by atoms with Crippen LogP contribution in [-0.2, 0) is 23.9 Å². The van der Waals surface area contributed by atoms with Gasteiger partial charge in [-0.2, -0.15) is 0 Å². The van der Waals surface area contributed by atoms with Crippen LogP contribution in [0.4, 0.5) is 4.79 Å². The number of esters is 1. The molecular weight excluding hydrogens is 715 g/mol. The molecule has 7 rings (SSSR count). The predicted molar refractivity (Wildman–Crippen MR) is 208 cm³/mol. The smallest absolute Gasteiger partial charge is 0.407 e. The molecule has 292 valence electrons. The Bertz CT molecular complexity index is 2220. The molecule has 2 saturated heterocycles. The van der Waals surface area contributed by atoms with E-state index in [1.165, 1.54) is 14.2 Å². The number of ether oxygens (including phenoxy) is 2. The lowest BCUT2D eigenvalue weighted by Crippen LogP contribution is -2.48. The van der Waals surface area contributed by atoms with Crippen LogP contribution in [0.2, 0.25) is 0 Å². The molecule has 3 N–H and O–H groups in total. The van der Waals surface area contributed by atoms with Gasteiger partial charge in [-0.3, -0.25) is 24.4 Å². The van der Waals surface area contributed by atoms with Crippen molar-refractivity contribution in [2.75, 3.05) is 27.3 Å². The zero-order chi connectivity index (χ0) is 39.3. The van der Waals surface area contributed by atoms with Crippen LogP contribution in [0, 0.1) is 5.92 Å². The van der Waals surface area contributed by atoms with Gasteiger partial charge in [-0.15, -0.1) is 0 Å². The molecule has 4 aromatic heterocycles. The summed E-state index contributed by atoms with van der Waals surface area (Å²) in [6, 6.07) is 11.0. The lowest BCUT2D eigenvalue weighted by molar-refractivity contribution is -0.147. The van der Waals surface area contributed by atoms with Crippen LogP contribution >= 0.6 is 0 Å². The van der Waals surface area contributed by atoms with Gasteiger partial charge < -0.3 is 34.6 Å². The first-order valence-corrected chi connectivity index (χ1v) is 19.2. The average molecular weight is 762 g/mol. The topological polar surface area (TPSA) is 188 Å². The molecule has 0 aliphatic carbocycles. The highest BCUT2D eigenvalue weighted by atomic mass is 16.5. The third-order valence-corrected chi connectivity index (χ3v) is 10.9. The van der Waals surface area contributed by atoms with Crippen molar-refractivity contribution in [3.63, 3.8) is 0 Å². The number of amides is 3. The van der Waals surface area contributed by atoms with Gasteiger partial charge in [0.25, 0.3) is 0 Å². The number of benzene rings is 1. The van der Waals surface area contributed by atoms with Gasteiger partial charge >= 0.3 is 12.1 Å². The maximum Gasteiger partial charge on any atom is 0.407 e. The van der Waals surface area contributed by atoms with Gasteiger partial charge in [0, 0.05) is 42.5 Å². The number of fused-ring (bicyclic) bond motifs is 1. The van der Waals surface area contributed by atoms with E-state index in [9.17, 15) is 19.2 Å². The van der Waals surface area contributed by atoms with Crippen molar-refractivity contribution in [2.24, 2.45) is 5.92 Å². The molecule has 0 saturated carbocycles. The number of rotatable bonds is 12. The average Bonchev–Trinajstić information content (AvgIpc) is 4.08. The first-order valence-electron chi connectivity index (χ1n) is 19.2. The van der Waals surface area contributed by atoms with Crippen LogP contribution < -0.4 is 5.32 Å². The van der Waals surface area contributed by atoms with E-state index >= 15 is 0 Å². The molecular formula is C41H47N9O6. The number of nitrogens with zero attached hydrogens (tertiary/aromatic N) is 6. The molecule has 0 unspecified atom stereocenters. The molecule has 15 nitrogen and oxygen atoms in total. The first kappa shape index (κ1) is 38.2. The van der Waals surface area contributed by atoms with E-state index in [0.29, 0.717) is 31.8 Å².